The van der Waals surface area contributed by atoms with E-state index in [4.69, 9.17) is 11.6 Å². The Balaban J connectivity index is 1.47. The number of anilines is 2. The van der Waals surface area contributed by atoms with E-state index in [-0.39, 0.29) is 0 Å². The summed E-state index contributed by atoms with van der Waals surface area (Å²) in [5.41, 5.74) is 3.88. The Hall–Kier alpha value is -1.16. The van der Waals surface area contributed by atoms with Crippen molar-refractivity contribution in [2.75, 3.05) is 10.8 Å². The normalized spacial score (nSPS) is 18.3. The highest BCUT2D eigenvalue weighted by Crippen LogP contribution is 2.44. The summed E-state index contributed by atoms with van der Waals surface area (Å²) in [5.74, 6) is 1.88. The molecule has 0 bridgehead atoms. The molecule has 26 heavy (non-hydrogen) atoms. The van der Waals surface area contributed by atoms with Gasteiger partial charge in [-0.15, -0.1) is 11.8 Å². The molecule has 0 spiro atoms. The van der Waals surface area contributed by atoms with Crippen LogP contribution in [0.25, 0.3) is 0 Å². The molecule has 1 heterocycles. The van der Waals surface area contributed by atoms with Crippen LogP contribution in [0.15, 0.2) is 47.4 Å². The van der Waals surface area contributed by atoms with E-state index >= 15 is 0 Å². The third kappa shape index (κ3) is 4.05. The Bertz CT molecular complexity index is 758. The quantitative estimate of drug-likeness (QED) is 0.602. The molecule has 2 aromatic rings. The van der Waals surface area contributed by atoms with Crippen LogP contribution in [0.2, 0.25) is 5.02 Å². The van der Waals surface area contributed by atoms with E-state index in [0.717, 1.165) is 23.4 Å². The SMILES string of the molecule is C[C@@H](CC1CCCC1)NCc1ccccc1N1CSc2ccc(Cl)cc21. The topological polar surface area (TPSA) is 15.3 Å². The van der Waals surface area contributed by atoms with Crippen LogP contribution in [-0.2, 0) is 6.54 Å². The fraction of sp³-hybridized carbons (Fsp3) is 0.455. The zero-order valence-corrected chi connectivity index (χ0v) is 17.0. The molecule has 2 nitrogen and oxygen atoms in total. The summed E-state index contributed by atoms with van der Waals surface area (Å²) >= 11 is 8.13. The molecule has 1 atom stereocenters. The van der Waals surface area contributed by atoms with E-state index in [2.05, 4.69) is 53.5 Å². The van der Waals surface area contributed by atoms with E-state index in [9.17, 15) is 0 Å². The van der Waals surface area contributed by atoms with Gasteiger partial charge in [-0.2, -0.15) is 0 Å². The molecule has 4 heteroatoms. The molecular formula is C22H27ClN2S. The van der Waals surface area contributed by atoms with Gasteiger partial charge in [0, 0.05) is 28.2 Å². The van der Waals surface area contributed by atoms with Crippen molar-refractivity contribution in [1.29, 1.82) is 0 Å². The second-order valence-electron chi connectivity index (χ2n) is 7.61. The Labute approximate surface area is 166 Å². The number of benzene rings is 2. The first kappa shape index (κ1) is 18.2. The molecule has 1 aliphatic heterocycles. The van der Waals surface area contributed by atoms with Crippen LogP contribution in [0.1, 0.15) is 44.6 Å². The molecule has 0 unspecified atom stereocenters. The van der Waals surface area contributed by atoms with Gasteiger partial charge in [-0.1, -0.05) is 55.5 Å². The summed E-state index contributed by atoms with van der Waals surface area (Å²) < 4.78 is 0. The fourth-order valence-electron chi connectivity index (χ4n) is 4.26. The Morgan fingerprint density at radius 1 is 1.15 bits per heavy atom. The lowest BCUT2D eigenvalue weighted by Gasteiger charge is -2.24. The average Bonchev–Trinajstić information content (AvgIpc) is 3.29. The van der Waals surface area contributed by atoms with Crippen molar-refractivity contribution in [2.45, 2.75) is 56.5 Å². The molecule has 0 amide bonds. The Morgan fingerprint density at radius 2 is 1.96 bits per heavy atom. The zero-order valence-electron chi connectivity index (χ0n) is 15.4. The van der Waals surface area contributed by atoms with Crippen LogP contribution < -0.4 is 10.2 Å². The van der Waals surface area contributed by atoms with E-state index in [0.29, 0.717) is 6.04 Å². The van der Waals surface area contributed by atoms with Gasteiger partial charge in [0.2, 0.25) is 0 Å². The number of fused-ring (bicyclic) bond motifs is 1. The monoisotopic (exact) mass is 386 g/mol. The molecule has 2 aliphatic rings. The van der Waals surface area contributed by atoms with E-state index in [1.165, 1.54) is 53.9 Å². The molecule has 1 saturated carbocycles. The van der Waals surface area contributed by atoms with E-state index in [1.54, 1.807) is 0 Å². The molecule has 138 valence electrons. The summed E-state index contributed by atoms with van der Waals surface area (Å²) in [7, 11) is 0. The first-order chi connectivity index (χ1) is 12.7. The predicted octanol–water partition coefficient (Wildman–Crippen LogP) is 6.60. The van der Waals surface area contributed by atoms with Crippen molar-refractivity contribution in [1.82, 2.24) is 5.32 Å². The second kappa shape index (κ2) is 8.24. The average molecular weight is 387 g/mol. The molecule has 2 aromatic carbocycles. The molecule has 0 aromatic heterocycles. The van der Waals surface area contributed by atoms with E-state index < -0.39 is 0 Å². The number of hydrogen-bond acceptors (Lipinski definition) is 3. The van der Waals surface area contributed by atoms with Crippen molar-refractivity contribution in [2.24, 2.45) is 5.92 Å². The minimum atomic E-state index is 0.570. The van der Waals surface area contributed by atoms with Gasteiger partial charge in [0.15, 0.2) is 0 Å². The molecule has 1 aliphatic carbocycles. The summed E-state index contributed by atoms with van der Waals surface area (Å²) in [6.45, 7) is 3.25. The number of halogens is 1. The highest BCUT2D eigenvalue weighted by Gasteiger charge is 2.23. The number of para-hydroxylation sites is 1. The minimum Gasteiger partial charge on any atom is -0.330 e. The largest absolute Gasteiger partial charge is 0.330 e. The molecular weight excluding hydrogens is 360 g/mol. The first-order valence-electron chi connectivity index (χ1n) is 9.72. The van der Waals surface area contributed by atoms with Crippen molar-refractivity contribution in [3.63, 3.8) is 0 Å². The minimum absolute atomic E-state index is 0.570. The summed E-state index contributed by atoms with van der Waals surface area (Å²) in [5, 5.41) is 4.57. The van der Waals surface area contributed by atoms with Crippen molar-refractivity contribution >= 4 is 34.7 Å². The van der Waals surface area contributed by atoms with Crippen LogP contribution >= 0.6 is 23.4 Å². The van der Waals surface area contributed by atoms with Crippen molar-refractivity contribution in [3.8, 4) is 0 Å². The maximum atomic E-state index is 6.25. The van der Waals surface area contributed by atoms with Gasteiger partial charge in [-0.05, 0) is 49.1 Å². The van der Waals surface area contributed by atoms with Gasteiger partial charge in [-0.25, -0.2) is 0 Å². The van der Waals surface area contributed by atoms with Crippen LogP contribution in [0.4, 0.5) is 11.4 Å². The predicted molar refractivity (Wildman–Crippen MR) is 114 cm³/mol. The van der Waals surface area contributed by atoms with E-state index in [1.807, 2.05) is 17.8 Å². The molecule has 0 saturated heterocycles. The lowest BCUT2D eigenvalue weighted by atomic mass is 9.99. The number of nitrogens with zero attached hydrogens (tertiary/aromatic N) is 1. The van der Waals surface area contributed by atoms with Crippen LogP contribution in [-0.4, -0.2) is 11.9 Å². The number of thioether (sulfide) groups is 1. The van der Waals surface area contributed by atoms with Gasteiger partial charge < -0.3 is 10.2 Å². The highest BCUT2D eigenvalue weighted by molar-refractivity contribution is 7.99. The van der Waals surface area contributed by atoms with Gasteiger partial charge in [0.05, 0.1) is 11.6 Å². The summed E-state index contributed by atoms with van der Waals surface area (Å²) in [6.07, 6.45) is 7.00. The maximum Gasteiger partial charge on any atom is 0.0736 e. The number of nitrogens with one attached hydrogen (secondary N) is 1. The van der Waals surface area contributed by atoms with Crippen LogP contribution in [0.5, 0.6) is 0 Å². The standard InChI is InChI=1S/C22H27ClN2S/c1-16(12-17-6-2-3-7-17)24-14-18-8-4-5-9-20(18)25-15-26-22-11-10-19(23)13-21(22)25/h4-5,8-11,13,16-17,24H,2-3,6-7,12,14-15H2,1H3/t16-/m0/s1. The van der Waals surface area contributed by atoms with Gasteiger partial charge >= 0.3 is 0 Å². The number of hydrogen-bond donors (Lipinski definition) is 1. The third-order valence-corrected chi connectivity index (χ3v) is 6.92. The Morgan fingerprint density at radius 3 is 2.81 bits per heavy atom. The number of rotatable bonds is 6. The summed E-state index contributed by atoms with van der Waals surface area (Å²) in [4.78, 5) is 3.71. The molecule has 1 fully saturated rings. The third-order valence-electron chi connectivity index (χ3n) is 5.65. The molecule has 1 N–H and O–H groups in total. The van der Waals surface area contributed by atoms with Crippen LogP contribution in [0, 0.1) is 5.92 Å². The van der Waals surface area contributed by atoms with Gasteiger partial charge in [0.25, 0.3) is 0 Å². The van der Waals surface area contributed by atoms with Crippen LogP contribution in [0.3, 0.4) is 0 Å². The highest BCUT2D eigenvalue weighted by atomic mass is 35.5. The first-order valence-corrected chi connectivity index (χ1v) is 11.1. The molecule has 0 radical (unpaired) electrons. The second-order valence-corrected chi connectivity index (χ2v) is 9.03. The molecule has 4 rings (SSSR count). The van der Waals surface area contributed by atoms with Gasteiger partial charge in [0.1, 0.15) is 0 Å². The zero-order chi connectivity index (χ0) is 17.9. The lowest BCUT2D eigenvalue weighted by molar-refractivity contribution is 0.404. The van der Waals surface area contributed by atoms with Crippen molar-refractivity contribution in [3.05, 3.63) is 53.1 Å². The Kier molecular flexibility index (Phi) is 5.78. The summed E-state index contributed by atoms with van der Waals surface area (Å²) in [6, 6.07) is 15.5. The fourth-order valence-corrected chi connectivity index (χ4v) is 5.46. The van der Waals surface area contributed by atoms with Gasteiger partial charge in [-0.3, -0.25) is 0 Å². The van der Waals surface area contributed by atoms with Crippen molar-refractivity contribution < 1.29 is 0 Å². The maximum absolute atomic E-state index is 6.25. The smallest absolute Gasteiger partial charge is 0.0736 e. The lowest BCUT2D eigenvalue weighted by Crippen LogP contribution is -2.28.